The Kier molecular flexibility index (Phi) is 3.31. The molecule has 0 unspecified atom stereocenters. The summed E-state index contributed by atoms with van der Waals surface area (Å²) in [5, 5.41) is 4.29. The van der Waals surface area contributed by atoms with E-state index in [1.807, 2.05) is 42.5 Å². The number of fused-ring (bicyclic) bond motifs is 1. The fourth-order valence-corrected chi connectivity index (χ4v) is 2.64. The minimum atomic E-state index is 0.543. The summed E-state index contributed by atoms with van der Waals surface area (Å²) >= 11 is 17.3. The van der Waals surface area contributed by atoms with Crippen molar-refractivity contribution in [1.29, 1.82) is 0 Å². The zero-order valence-electron chi connectivity index (χ0n) is 9.78. The van der Waals surface area contributed by atoms with Crippen LogP contribution in [0.2, 0.25) is 10.0 Å². The van der Waals surface area contributed by atoms with Crippen LogP contribution in [0, 0.1) is 0 Å². The van der Waals surface area contributed by atoms with Gasteiger partial charge in [-0.2, -0.15) is 0 Å². The Morgan fingerprint density at radius 2 is 1.79 bits per heavy atom. The largest absolute Gasteiger partial charge is 0.346 e. The molecule has 1 nitrogen and oxygen atoms in total. The average molecular weight is 306 g/mol. The summed E-state index contributed by atoms with van der Waals surface area (Å²) in [6.45, 7) is 0. The molecule has 0 aliphatic carbocycles. The predicted octanol–water partition coefficient (Wildman–Crippen LogP) is 5.29. The Labute approximate surface area is 126 Å². The lowest BCUT2D eigenvalue weighted by Gasteiger charge is -2.01. The maximum atomic E-state index is 6.03. The first-order valence-electron chi connectivity index (χ1n) is 5.72. The normalized spacial score (nSPS) is 15.5. The quantitative estimate of drug-likeness (QED) is 0.568. The molecule has 3 rings (SSSR count). The Balaban J connectivity index is 2.08. The highest BCUT2D eigenvalue weighted by Gasteiger charge is 2.19. The van der Waals surface area contributed by atoms with E-state index in [0.29, 0.717) is 10.0 Å². The lowest BCUT2D eigenvalue weighted by atomic mass is 10.0. The molecule has 0 saturated carbocycles. The van der Waals surface area contributed by atoms with Crippen molar-refractivity contribution in [3.05, 3.63) is 63.6 Å². The number of rotatable bonds is 1. The van der Waals surface area contributed by atoms with Crippen molar-refractivity contribution in [2.24, 2.45) is 0 Å². The summed E-state index contributed by atoms with van der Waals surface area (Å²) in [6.07, 6.45) is 2.02. The van der Waals surface area contributed by atoms with E-state index in [2.05, 4.69) is 5.32 Å². The summed E-state index contributed by atoms with van der Waals surface area (Å²) in [5.41, 5.74) is 4.13. The van der Waals surface area contributed by atoms with E-state index in [1.54, 1.807) is 6.07 Å². The Bertz CT molecular complexity index is 707. The predicted molar refractivity (Wildman–Crippen MR) is 87.0 cm³/mol. The summed E-state index contributed by atoms with van der Waals surface area (Å²) in [4.78, 5) is 0.729. The van der Waals surface area contributed by atoms with Crippen molar-refractivity contribution in [3.8, 4) is 0 Å². The molecule has 1 N–H and O–H groups in total. The van der Waals surface area contributed by atoms with E-state index in [1.165, 1.54) is 0 Å². The van der Waals surface area contributed by atoms with E-state index in [9.17, 15) is 0 Å². The number of halogens is 2. The van der Waals surface area contributed by atoms with Gasteiger partial charge in [-0.05, 0) is 29.8 Å². The Hall–Kier alpha value is -1.35. The van der Waals surface area contributed by atoms with Gasteiger partial charge in [0.2, 0.25) is 0 Å². The van der Waals surface area contributed by atoms with Crippen molar-refractivity contribution in [2.75, 3.05) is 5.32 Å². The van der Waals surface area contributed by atoms with Gasteiger partial charge in [0, 0.05) is 16.8 Å². The van der Waals surface area contributed by atoms with E-state index in [4.69, 9.17) is 35.4 Å². The summed E-state index contributed by atoms with van der Waals surface area (Å²) in [6, 6.07) is 13.6. The van der Waals surface area contributed by atoms with E-state index < -0.39 is 0 Å². The molecule has 19 heavy (non-hydrogen) atoms. The van der Waals surface area contributed by atoms with Gasteiger partial charge in [-0.3, -0.25) is 0 Å². The zero-order valence-corrected chi connectivity index (χ0v) is 12.1. The van der Waals surface area contributed by atoms with E-state index >= 15 is 0 Å². The molecule has 4 heteroatoms. The molecule has 1 aliphatic heterocycles. The van der Waals surface area contributed by atoms with Crippen LogP contribution in [0.5, 0.6) is 0 Å². The second kappa shape index (κ2) is 4.97. The average Bonchev–Trinajstić information content (AvgIpc) is 2.71. The van der Waals surface area contributed by atoms with Gasteiger partial charge < -0.3 is 5.32 Å². The monoisotopic (exact) mass is 305 g/mol. The van der Waals surface area contributed by atoms with Gasteiger partial charge in [-0.25, -0.2) is 0 Å². The highest BCUT2D eigenvalue weighted by molar-refractivity contribution is 7.81. The molecule has 0 saturated heterocycles. The molecule has 0 spiro atoms. The maximum Gasteiger partial charge on any atom is 0.111 e. The van der Waals surface area contributed by atoms with Crippen LogP contribution in [-0.4, -0.2) is 4.99 Å². The highest BCUT2D eigenvalue weighted by atomic mass is 35.5. The number of thiocarbonyl (C=S) groups is 1. The number of hydrogen-bond donors (Lipinski definition) is 1. The number of nitrogens with one attached hydrogen (secondary N) is 1. The molecule has 94 valence electrons. The highest BCUT2D eigenvalue weighted by Crippen LogP contribution is 2.34. The third-order valence-corrected chi connectivity index (χ3v) is 4.03. The molecule has 1 aliphatic rings. The number of hydrogen-bond acceptors (Lipinski definition) is 1. The minimum Gasteiger partial charge on any atom is -0.346 e. The van der Waals surface area contributed by atoms with Gasteiger partial charge in [0.15, 0.2) is 0 Å². The first-order chi connectivity index (χ1) is 9.15. The number of benzene rings is 2. The molecule has 2 aromatic rings. The van der Waals surface area contributed by atoms with Crippen molar-refractivity contribution in [1.82, 2.24) is 0 Å². The fourth-order valence-electron chi connectivity index (χ4n) is 2.05. The molecule has 0 aromatic heterocycles. The first kappa shape index (κ1) is 12.7. The molecule has 0 bridgehead atoms. The van der Waals surface area contributed by atoms with Gasteiger partial charge in [0.05, 0.1) is 10.0 Å². The van der Waals surface area contributed by atoms with Crippen LogP contribution < -0.4 is 5.32 Å². The smallest absolute Gasteiger partial charge is 0.111 e. The second-order valence-electron chi connectivity index (χ2n) is 4.23. The van der Waals surface area contributed by atoms with Crippen LogP contribution in [0.15, 0.2) is 42.5 Å². The van der Waals surface area contributed by atoms with Crippen LogP contribution in [0.1, 0.15) is 11.1 Å². The molecule has 0 amide bonds. The van der Waals surface area contributed by atoms with Gasteiger partial charge in [0.1, 0.15) is 4.99 Å². The molecule has 0 atom stereocenters. The number of anilines is 1. The zero-order chi connectivity index (χ0) is 13.4. The lowest BCUT2D eigenvalue weighted by Crippen LogP contribution is -2.00. The van der Waals surface area contributed by atoms with E-state index in [0.717, 1.165) is 27.4 Å². The topological polar surface area (TPSA) is 12.0 Å². The molecule has 0 radical (unpaired) electrons. The van der Waals surface area contributed by atoms with Crippen LogP contribution in [0.25, 0.3) is 11.6 Å². The third kappa shape index (κ3) is 2.39. The maximum absolute atomic E-state index is 6.03. The summed E-state index contributed by atoms with van der Waals surface area (Å²) in [5.74, 6) is 0. The van der Waals surface area contributed by atoms with Crippen molar-refractivity contribution in [2.45, 2.75) is 0 Å². The minimum absolute atomic E-state index is 0.543. The standard InChI is InChI=1S/C15H9Cl2NS/c16-12-6-5-9(8-13(12)17)7-11-10-3-1-2-4-14(10)18-15(11)19/h1-8H,(H,18,19)/b11-7-. The van der Waals surface area contributed by atoms with E-state index in [-0.39, 0.29) is 0 Å². The molecular formula is C15H9Cl2NS. The molecule has 0 fully saturated rings. The van der Waals surface area contributed by atoms with Crippen LogP contribution in [-0.2, 0) is 0 Å². The fraction of sp³-hybridized carbons (Fsp3) is 0. The molecule has 2 aromatic carbocycles. The van der Waals surface area contributed by atoms with Gasteiger partial charge in [0.25, 0.3) is 0 Å². The van der Waals surface area contributed by atoms with Crippen LogP contribution >= 0.6 is 35.4 Å². The first-order valence-corrected chi connectivity index (χ1v) is 6.89. The van der Waals surface area contributed by atoms with Gasteiger partial charge in [-0.1, -0.05) is 59.7 Å². The van der Waals surface area contributed by atoms with Crippen LogP contribution in [0.3, 0.4) is 0 Å². The van der Waals surface area contributed by atoms with Crippen LogP contribution in [0.4, 0.5) is 5.69 Å². The second-order valence-corrected chi connectivity index (χ2v) is 5.45. The molecule has 1 heterocycles. The van der Waals surface area contributed by atoms with Crippen molar-refractivity contribution >= 4 is 57.7 Å². The van der Waals surface area contributed by atoms with Crippen molar-refractivity contribution < 1.29 is 0 Å². The van der Waals surface area contributed by atoms with Gasteiger partial charge in [-0.15, -0.1) is 0 Å². The molecular weight excluding hydrogens is 297 g/mol. The lowest BCUT2D eigenvalue weighted by molar-refractivity contribution is 1.64. The third-order valence-electron chi connectivity index (χ3n) is 2.96. The Morgan fingerprint density at radius 1 is 1.00 bits per heavy atom. The van der Waals surface area contributed by atoms with Gasteiger partial charge >= 0.3 is 0 Å². The Morgan fingerprint density at radius 3 is 2.58 bits per heavy atom. The SMILES string of the molecule is S=C1Nc2ccccc2/C1=C/c1ccc(Cl)c(Cl)c1. The summed E-state index contributed by atoms with van der Waals surface area (Å²) in [7, 11) is 0. The summed E-state index contributed by atoms with van der Waals surface area (Å²) < 4.78 is 0. The number of para-hydroxylation sites is 1. The van der Waals surface area contributed by atoms with Crippen molar-refractivity contribution in [3.63, 3.8) is 0 Å².